The van der Waals surface area contributed by atoms with Crippen LogP contribution in [0.2, 0.25) is 0 Å². The number of hydrogen-bond acceptors (Lipinski definition) is 2. The highest BCUT2D eigenvalue weighted by atomic mass is 31.2. The normalized spacial score (nSPS) is 12.2. The molecule has 0 fully saturated rings. The molecule has 0 radical (unpaired) electrons. The van der Waals surface area contributed by atoms with Crippen LogP contribution in [0.5, 0.6) is 0 Å². The molecular formula is C39H35N2O2P3. The molecule has 0 spiro atoms. The van der Waals surface area contributed by atoms with Crippen LogP contribution in [0.1, 0.15) is 6.42 Å². The van der Waals surface area contributed by atoms with Gasteiger partial charge in [0.05, 0.1) is 0 Å². The van der Waals surface area contributed by atoms with Gasteiger partial charge in [0.2, 0.25) is 14.6 Å². The van der Waals surface area contributed by atoms with Crippen molar-refractivity contribution in [2.24, 2.45) is 9.28 Å². The third-order valence-electron chi connectivity index (χ3n) is 7.90. The first-order valence-electron chi connectivity index (χ1n) is 15.3. The Kier molecular flexibility index (Phi) is 9.91. The fourth-order valence-electron chi connectivity index (χ4n) is 5.59. The van der Waals surface area contributed by atoms with Gasteiger partial charge in [0, 0.05) is 34.5 Å². The van der Waals surface area contributed by atoms with Gasteiger partial charge in [-0.15, -0.1) is 0 Å². The molecule has 0 atom stereocenters. The van der Waals surface area contributed by atoms with E-state index in [2.05, 4.69) is 24.3 Å². The number of nitrogens with zero attached hydrogens (tertiary/aromatic N) is 2. The summed E-state index contributed by atoms with van der Waals surface area (Å²) in [4.78, 5) is 0. The highest BCUT2D eigenvalue weighted by molar-refractivity contribution is 7.89. The molecule has 0 amide bonds. The SMILES string of the molecule is O=P(N=P(CC/C=N/P(=O)(c1ccccc1)c1ccccc1)(c1ccccc1)c1ccccc1)(c1ccccc1)c1ccccc1. The Morgan fingerprint density at radius 1 is 0.391 bits per heavy atom. The van der Waals surface area contributed by atoms with Crippen molar-refractivity contribution < 1.29 is 9.13 Å². The average molecular weight is 657 g/mol. The zero-order chi connectivity index (χ0) is 31.7. The molecule has 7 heteroatoms. The third-order valence-corrected chi connectivity index (χ3v) is 17.8. The van der Waals surface area contributed by atoms with Crippen molar-refractivity contribution in [3.05, 3.63) is 182 Å². The van der Waals surface area contributed by atoms with E-state index >= 15 is 4.57 Å². The quantitative estimate of drug-likeness (QED) is 0.104. The van der Waals surface area contributed by atoms with Crippen LogP contribution in [0, 0.1) is 0 Å². The summed E-state index contributed by atoms with van der Waals surface area (Å²) in [6, 6.07) is 58.6. The van der Waals surface area contributed by atoms with Crippen molar-refractivity contribution in [3.8, 4) is 0 Å². The van der Waals surface area contributed by atoms with E-state index in [9.17, 15) is 4.57 Å². The average Bonchev–Trinajstić information content (AvgIpc) is 3.15. The lowest BCUT2D eigenvalue weighted by Crippen LogP contribution is -2.22. The van der Waals surface area contributed by atoms with E-state index in [1.165, 1.54) is 0 Å². The first-order chi connectivity index (χ1) is 22.5. The Hall–Kier alpha value is -4.32. The topological polar surface area (TPSA) is 58.9 Å². The summed E-state index contributed by atoms with van der Waals surface area (Å²) >= 11 is 0. The Morgan fingerprint density at radius 3 is 1.00 bits per heavy atom. The molecule has 0 bridgehead atoms. The van der Waals surface area contributed by atoms with E-state index in [1.54, 1.807) is 6.21 Å². The monoisotopic (exact) mass is 656 g/mol. The molecule has 6 aromatic carbocycles. The molecule has 0 heterocycles. The van der Waals surface area contributed by atoms with Crippen LogP contribution in [0.3, 0.4) is 0 Å². The second-order valence-corrected chi connectivity index (χ2v) is 19.2. The molecule has 228 valence electrons. The number of hydrogen-bond donors (Lipinski definition) is 0. The maximum absolute atomic E-state index is 15.5. The van der Waals surface area contributed by atoms with Crippen LogP contribution in [0.25, 0.3) is 0 Å². The molecule has 6 rings (SSSR count). The van der Waals surface area contributed by atoms with Gasteiger partial charge in [-0.1, -0.05) is 133 Å². The van der Waals surface area contributed by atoms with Crippen LogP contribution in [-0.2, 0) is 9.13 Å². The Labute approximate surface area is 271 Å². The van der Waals surface area contributed by atoms with Crippen molar-refractivity contribution in [2.75, 3.05) is 6.16 Å². The largest absolute Gasteiger partial charge is 0.288 e. The van der Waals surface area contributed by atoms with Crippen molar-refractivity contribution in [1.82, 2.24) is 0 Å². The first kappa shape index (κ1) is 31.7. The lowest BCUT2D eigenvalue weighted by Gasteiger charge is -2.29. The van der Waals surface area contributed by atoms with Crippen LogP contribution >= 0.6 is 21.6 Å². The smallest absolute Gasteiger partial charge is 0.247 e. The fraction of sp³-hybridized carbons (Fsp3) is 0.0513. The van der Waals surface area contributed by atoms with E-state index < -0.39 is 21.6 Å². The highest BCUT2D eigenvalue weighted by Gasteiger charge is 2.34. The summed E-state index contributed by atoms with van der Waals surface area (Å²) in [6.07, 6.45) is 2.86. The molecule has 0 aliphatic carbocycles. The first-order valence-corrected chi connectivity index (χ1v) is 20.5. The maximum Gasteiger partial charge on any atom is 0.247 e. The standard InChI is InChI=1S/C39H35N2O2P3/c42-45(36-24-11-3-12-25-36,37-26-13-4-14-27-37)40-32-19-33-44(34-20-7-1-8-21-34,35-22-9-2-10-23-35)41-46(43,38-28-15-5-16-29-38)39-30-17-6-18-31-39/h1-18,20-32H,19,33H2/b40-32+. The van der Waals surface area contributed by atoms with Crippen LogP contribution < -0.4 is 31.8 Å². The molecule has 0 aliphatic heterocycles. The zero-order valence-electron chi connectivity index (χ0n) is 25.4. The highest BCUT2D eigenvalue weighted by Crippen LogP contribution is 2.60. The van der Waals surface area contributed by atoms with Gasteiger partial charge in [0.1, 0.15) is 0 Å². The Morgan fingerprint density at radius 2 is 0.674 bits per heavy atom. The van der Waals surface area contributed by atoms with Gasteiger partial charge in [-0.2, -0.15) is 0 Å². The van der Waals surface area contributed by atoms with Gasteiger partial charge in [0.15, 0.2) is 0 Å². The van der Waals surface area contributed by atoms with E-state index in [1.807, 2.05) is 158 Å². The number of benzene rings is 6. The third kappa shape index (κ3) is 6.62. The predicted octanol–water partition coefficient (Wildman–Crippen LogP) is 8.16. The van der Waals surface area contributed by atoms with Gasteiger partial charge in [0.25, 0.3) is 0 Å². The van der Waals surface area contributed by atoms with Gasteiger partial charge < -0.3 is 0 Å². The summed E-state index contributed by atoms with van der Waals surface area (Å²) in [5.74, 6) is 0. The lowest BCUT2D eigenvalue weighted by atomic mass is 10.4. The van der Waals surface area contributed by atoms with Gasteiger partial charge in [-0.05, 0) is 71.7 Å². The van der Waals surface area contributed by atoms with E-state index in [-0.39, 0.29) is 0 Å². The van der Waals surface area contributed by atoms with Gasteiger partial charge in [-0.25, -0.2) is 9.28 Å². The molecule has 46 heavy (non-hydrogen) atoms. The van der Waals surface area contributed by atoms with Crippen molar-refractivity contribution in [1.29, 1.82) is 0 Å². The molecule has 0 saturated carbocycles. The van der Waals surface area contributed by atoms with Crippen molar-refractivity contribution >= 4 is 59.7 Å². The minimum absolute atomic E-state index is 0.494. The molecule has 6 aromatic rings. The lowest BCUT2D eigenvalue weighted by molar-refractivity contribution is 0.587. The molecule has 0 unspecified atom stereocenters. The maximum atomic E-state index is 15.5. The van der Waals surface area contributed by atoms with Crippen molar-refractivity contribution in [2.45, 2.75) is 6.42 Å². The zero-order valence-corrected chi connectivity index (χ0v) is 28.0. The summed E-state index contributed by atoms with van der Waals surface area (Å²) in [6.45, 7) is 0. The molecule has 0 aliphatic rings. The molecule has 4 nitrogen and oxygen atoms in total. The summed E-state index contributed by atoms with van der Waals surface area (Å²) in [7, 11) is -9.47. The number of rotatable bonds is 11. The second-order valence-electron chi connectivity index (χ2n) is 10.8. The molecule has 0 N–H and O–H groups in total. The van der Waals surface area contributed by atoms with Crippen molar-refractivity contribution in [3.63, 3.8) is 0 Å². The molecule has 0 aromatic heterocycles. The van der Waals surface area contributed by atoms with Gasteiger partial charge >= 0.3 is 0 Å². The van der Waals surface area contributed by atoms with E-state index in [0.29, 0.717) is 33.8 Å². The Balaban J connectivity index is 1.53. The van der Waals surface area contributed by atoms with Crippen LogP contribution in [0.4, 0.5) is 0 Å². The van der Waals surface area contributed by atoms with E-state index in [4.69, 9.17) is 9.28 Å². The van der Waals surface area contributed by atoms with E-state index in [0.717, 1.165) is 10.6 Å². The minimum atomic E-state index is -3.48. The second kappa shape index (κ2) is 14.4. The summed E-state index contributed by atoms with van der Waals surface area (Å²) in [5.41, 5.74) is 0. The Bertz CT molecular complexity index is 1910. The molecular weight excluding hydrogens is 621 g/mol. The summed E-state index contributed by atoms with van der Waals surface area (Å²) in [5, 5.41) is 4.85. The minimum Gasteiger partial charge on any atom is -0.288 e. The van der Waals surface area contributed by atoms with Crippen LogP contribution in [-0.4, -0.2) is 12.4 Å². The van der Waals surface area contributed by atoms with Crippen LogP contribution in [0.15, 0.2) is 191 Å². The molecule has 0 saturated heterocycles. The summed E-state index contributed by atoms with van der Waals surface area (Å²) < 4.78 is 40.6. The predicted molar refractivity (Wildman–Crippen MR) is 199 cm³/mol. The van der Waals surface area contributed by atoms with Gasteiger partial charge in [-0.3, -0.25) is 9.13 Å². The fourth-order valence-corrected chi connectivity index (χ4v) is 15.5.